The topological polar surface area (TPSA) is 26.0 Å². The zero-order valence-electron chi connectivity index (χ0n) is 10.5. The maximum atomic E-state index is 6.31. The number of thiophene rings is 1. The normalized spacial score (nSPS) is 12.3. The van der Waals surface area contributed by atoms with Gasteiger partial charge in [0.15, 0.2) is 0 Å². The molecule has 0 saturated heterocycles. The van der Waals surface area contributed by atoms with E-state index in [1.54, 1.807) is 11.3 Å². The number of rotatable bonds is 3. The first kappa shape index (κ1) is 12.2. The lowest BCUT2D eigenvalue weighted by molar-refractivity contribution is 0.877. The van der Waals surface area contributed by atoms with E-state index in [9.17, 15) is 0 Å². The molecule has 2 N–H and O–H groups in total. The maximum Gasteiger partial charge on any atom is 0.0560 e. The lowest BCUT2D eigenvalue weighted by atomic mass is 9.97. The minimum absolute atomic E-state index is 0.0464. The van der Waals surface area contributed by atoms with E-state index in [0.717, 1.165) is 5.56 Å². The van der Waals surface area contributed by atoms with Crippen molar-refractivity contribution in [2.24, 2.45) is 5.73 Å². The molecular formula is C17H15NS. The van der Waals surface area contributed by atoms with Crippen LogP contribution in [0.3, 0.4) is 0 Å². The van der Waals surface area contributed by atoms with Crippen molar-refractivity contribution in [3.05, 3.63) is 82.6 Å². The first-order chi connectivity index (χ1) is 9.34. The molecule has 0 aliphatic heterocycles. The summed E-state index contributed by atoms with van der Waals surface area (Å²) in [5.74, 6) is 0. The number of hydrogen-bond acceptors (Lipinski definition) is 2. The largest absolute Gasteiger partial charge is 0.320 e. The lowest BCUT2D eigenvalue weighted by Gasteiger charge is -2.12. The van der Waals surface area contributed by atoms with Gasteiger partial charge in [-0.2, -0.15) is 11.3 Å². The summed E-state index contributed by atoms with van der Waals surface area (Å²) in [6.45, 7) is 0. The van der Waals surface area contributed by atoms with E-state index < -0.39 is 0 Å². The Morgan fingerprint density at radius 3 is 2.32 bits per heavy atom. The fourth-order valence-electron chi connectivity index (χ4n) is 2.19. The van der Waals surface area contributed by atoms with E-state index in [4.69, 9.17) is 5.73 Å². The quantitative estimate of drug-likeness (QED) is 0.743. The van der Waals surface area contributed by atoms with Crippen LogP contribution in [-0.2, 0) is 0 Å². The molecule has 19 heavy (non-hydrogen) atoms. The lowest BCUT2D eigenvalue weighted by Crippen LogP contribution is -2.10. The highest BCUT2D eigenvalue weighted by Crippen LogP contribution is 2.26. The van der Waals surface area contributed by atoms with Crippen LogP contribution >= 0.6 is 11.3 Å². The second-order valence-corrected chi connectivity index (χ2v) is 5.31. The average molecular weight is 265 g/mol. The van der Waals surface area contributed by atoms with Gasteiger partial charge in [0.1, 0.15) is 0 Å². The van der Waals surface area contributed by atoms with E-state index in [1.165, 1.54) is 16.7 Å². The van der Waals surface area contributed by atoms with Gasteiger partial charge in [-0.1, -0.05) is 48.5 Å². The molecule has 0 bridgehead atoms. The van der Waals surface area contributed by atoms with Crippen LogP contribution in [0.2, 0.25) is 0 Å². The predicted octanol–water partition coefficient (Wildman–Crippen LogP) is 4.46. The van der Waals surface area contributed by atoms with Gasteiger partial charge in [-0.05, 0) is 45.1 Å². The van der Waals surface area contributed by atoms with Gasteiger partial charge in [0.05, 0.1) is 6.04 Å². The Labute approximate surface area is 117 Å². The van der Waals surface area contributed by atoms with E-state index in [1.807, 2.05) is 6.07 Å². The van der Waals surface area contributed by atoms with Gasteiger partial charge in [0.2, 0.25) is 0 Å². The van der Waals surface area contributed by atoms with Crippen LogP contribution in [0.5, 0.6) is 0 Å². The van der Waals surface area contributed by atoms with Gasteiger partial charge in [0.25, 0.3) is 0 Å². The third-order valence-electron chi connectivity index (χ3n) is 3.26. The molecule has 2 aromatic carbocycles. The molecule has 94 valence electrons. The first-order valence-corrected chi connectivity index (χ1v) is 7.22. The van der Waals surface area contributed by atoms with Crippen LogP contribution in [0.4, 0.5) is 0 Å². The van der Waals surface area contributed by atoms with E-state index >= 15 is 0 Å². The number of hydrogen-bond donors (Lipinski definition) is 1. The van der Waals surface area contributed by atoms with E-state index in [0.29, 0.717) is 0 Å². The van der Waals surface area contributed by atoms with Crippen molar-refractivity contribution in [1.82, 2.24) is 0 Å². The van der Waals surface area contributed by atoms with Gasteiger partial charge in [-0.25, -0.2) is 0 Å². The van der Waals surface area contributed by atoms with Crippen LogP contribution in [0.25, 0.3) is 11.1 Å². The Kier molecular flexibility index (Phi) is 3.45. The van der Waals surface area contributed by atoms with Crippen LogP contribution in [0, 0.1) is 0 Å². The van der Waals surface area contributed by atoms with Gasteiger partial charge >= 0.3 is 0 Å². The highest BCUT2D eigenvalue weighted by molar-refractivity contribution is 7.08. The molecule has 0 aliphatic rings. The molecule has 0 unspecified atom stereocenters. The van der Waals surface area contributed by atoms with Crippen LogP contribution in [0.15, 0.2) is 71.4 Å². The van der Waals surface area contributed by atoms with Crippen molar-refractivity contribution in [2.75, 3.05) is 0 Å². The fraction of sp³-hybridized carbons (Fsp3) is 0.0588. The Bertz CT molecular complexity index is 644. The second kappa shape index (κ2) is 5.39. The molecule has 0 amide bonds. The van der Waals surface area contributed by atoms with Crippen LogP contribution in [0.1, 0.15) is 17.2 Å². The van der Waals surface area contributed by atoms with E-state index in [-0.39, 0.29) is 6.04 Å². The summed E-state index contributed by atoms with van der Waals surface area (Å²) >= 11 is 1.68. The van der Waals surface area contributed by atoms with Crippen molar-refractivity contribution in [2.45, 2.75) is 6.04 Å². The Morgan fingerprint density at radius 2 is 1.58 bits per heavy atom. The van der Waals surface area contributed by atoms with Crippen molar-refractivity contribution < 1.29 is 0 Å². The summed E-state index contributed by atoms with van der Waals surface area (Å²) in [6, 6.07) is 20.9. The van der Waals surface area contributed by atoms with E-state index in [2.05, 4.69) is 65.4 Å². The smallest absolute Gasteiger partial charge is 0.0560 e. The second-order valence-electron chi connectivity index (χ2n) is 4.53. The molecule has 1 heterocycles. The molecule has 0 fully saturated rings. The standard InChI is InChI=1S/C17H15NS/c18-17(16-9-10-19-12-16)15-8-4-7-14(11-15)13-5-2-1-3-6-13/h1-12,17H,18H2/t17-/m1/s1. The van der Waals surface area contributed by atoms with Gasteiger partial charge in [-0.15, -0.1) is 0 Å². The Morgan fingerprint density at radius 1 is 0.789 bits per heavy atom. The molecule has 0 saturated carbocycles. The number of benzene rings is 2. The third kappa shape index (κ3) is 2.60. The molecule has 3 aromatic rings. The van der Waals surface area contributed by atoms with Crippen molar-refractivity contribution >= 4 is 11.3 Å². The van der Waals surface area contributed by atoms with Crippen molar-refractivity contribution in [3.8, 4) is 11.1 Å². The summed E-state index contributed by atoms with van der Waals surface area (Å²) in [6.07, 6.45) is 0. The summed E-state index contributed by atoms with van der Waals surface area (Å²) in [5, 5.41) is 4.18. The SMILES string of the molecule is N[C@@H](c1ccsc1)c1cccc(-c2ccccc2)c1. The molecule has 1 atom stereocenters. The summed E-state index contributed by atoms with van der Waals surface area (Å²) in [7, 11) is 0. The highest BCUT2D eigenvalue weighted by atomic mass is 32.1. The Hall–Kier alpha value is -1.90. The maximum absolute atomic E-state index is 6.31. The average Bonchev–Trinajstić information content (AvgIpc) is 3.02. The summed E-state index contributed by atoms with van der Waals surface area (Å²) in [4.78, 5) is 0. The number of nitrogens with two attached hydrogens (primary N) is 1. The van der Waals surface area contributed by atoms with Crippen LogP contribution in [-0.4, -0.2) is 0 Å². The minimum Gasteiger partial charge on any atom is -0.320 e. The minimum atomic E-state index is -0.0464. The molecule has 0 radical (unpaired) electrons. The first-order valence-electron chi connectivity index (χ1n) is 6.27. The molecule has 0 spiro atoms. The monoisotopic (exact) mass is 265 g/mol. The van der Waals surface area contributed by atoms with Crippen LogP contribution < -0.4 is 5.73 Å². The summed E-state index contributed by atoms with van der Waals surface area (Å²) in [5.41, 5.74) is 11.1. The zero-order chi connectivity index (χ0) is 13.1. The molecular weight excluding hydrogens is 250 g/mol. The van der Waals surface area contributed by atoms with Gasteiger partial charge in [0, 0.05) is 0 Å². The third-order valence-corrected chi connectivity index (χ3v) is 3.96. The highest BCUT2D eigenvalue weighted by Gasteiger charge is 2.09. The molecule has 3 rings (SSSR count). The predicted molar refractivity (Wildman–Crippen MR) is 82.2 cm³/mol. The zero-order valence-corrected chi connectivity index (χ0v) is 11.3. The summed E-state index contributed by atoms with van der Waals surface area (Å²) < 4.78 is 0. The molecule has 2 heteroatoms. The molecule has 1 nitrogen and oxygen atoms in total. The Balaban J connectivity index is 1.97. The van der Waals surface area contributed by atoms with Crippen molar-refractivity contribution in [1.29, 1.82) is 0 Å². The molecule has 0 aliphatic carbocycles. The van der Waals surface area contributed by atoms with Gasteiger partial charge < -0.3 is 5.73 Å². The van der Waals surface area contributed by atoms with Crippen molar-refractivity contribution in [3.63, 3.8) is 0 Å². The van der Waals surface area contributed by atoms with Gasteiger partial charge in [-0.3, -0.25) is 0 Å². The fourth-order valence-corrected chi connectivity index (χ4v) is 2.88. The molecule has 1 aromatic heterocycles.